The van der Waals surface area contributed by atoms with Gasteiger partial charge in [-0.05, 0) is 37.3 Å². The lowest BCUT2D eigenvalue weighted by Crippen LogP contribution is -2.15. The van der Waals surface area contributed by atoms with Gasteiger partial charge >= 0.3 is 5.97 Å². The number of aromatic nitrogens is 3. The van der Waals surface area contributed by atoms with Crippen molar-refractivity contribution in [3.8, 4) is 6.07 Å². The second-order valence-corrected chi connectivity index (χ2v) is 9.36. The lowest BCUT2D eigenvalue weighted by Gasteiger charge is -2.15. The molecule has 3 aromatic heterocycles. The Bertz CT molecular complexity index is 1210. The average Bonchev–Trinajstić information content (AvgIpc) is 3.31. The number of hydrogen-bond acceptors (Lipinski definition) is 7. The van der Waals surface area contributed by atoms with Crippen molar-refractivity contribution in [1.82, 2.24) is 14.6 Å². The second kappa shape index (κ2) is 8.47. The number of anilines is 1. The highest BCUT2D eigenvalue weighted by molar-refractivity contribution is 7.16. The summed E-state index contributed by atoms with van der Waals surface area (Å²) in [5.74, 6) is -0.681. The molecule has 0 bridgehead atoms. The zero-order valence-corrected chi connectivity index (χ0v) is 19.3. The molecule has 0 radical (unpaired) electrons. The first kappa shape index (κ1) is 22.4. The first-order valence-corrected chi connectivity index (χ1v) is 10.6. The van der Waals surface area contributed by atoms with Crippen molar-refractivity contribution in [3.05, 3.63) is 45.2 Å². The topological polar surface area (TPSA) is 109 Å². The Hall–Kier alpha value is -3.25. The number of esters is 1. The van der Waals surface area contributed by atoms with Crippen LogP contribution in [0.1, 0.15) is 64.9 Å². The number of fused-ring (bicyclic) bond motifs is 1. The van der Waals surface area contributed by atoms with Gasteiger partial charge in [0.2, 0.25) is 5.91 Å². The van der Waals surface area contributed by atoms with Crippen LogP contribution in [-0.4, -0.2) is 33.6 Å². The lowest BCUT2D eigenvalue weighted by atomic mass is 9.94. The number of nitrogens with zero attached hydrogens (tertiary/aromatic N) is 4. The monoisotopic (exact) mass is 439 g/mol. The first-order valence-electron chi connectivity index (χ1n) is 9.83. The summed E-state index contributed by atoms with van der Waals surface area (Å²) in [5.41, 5.74) is 3.65. The molecule has 0 saturated carbocycles. The number of carbonyl (C=O) groups is 2. The number of carbonyl (C=O) groups excluding carboxylic acids is 2. The van der Waals surface area contributed by atoms with Gasteiger partial charge in [0.25, 0.3) is 0 Å². The number of methoxy groups -OCH3 is 1. The highest BCUT2D eigenvalue weighted by atomic mass is 32.1. The molecule has 0 saturated heterocycles. The van der Waals surface area contributed by atoms with Crippen LogP contribution in [0, 0.1) is 25.2 Å². The van der Waals surface area contributed by atoms with E-state index in [1.807, 2.05) is 34.6 Å². The standard InChI is InChI=1S/C22H25N5O3S/c1-12-15(13(2)27-19(25-12)14(10-23)11-24-27)7-8-18(28)26-20-16(21(29)30-6)9-17(31-20)22(3,4)5/h9,11H,7-8H2,1-6H3,(H,26,28). The Morgan fingerprint density at radius 2 is 2.03 bits per heavy atom. The molecular weight excluding hydrogens is 414 g/mol. The number of nitriles is 1. The molecular formula is C22H25N5O3S. The average molecular weight is 440 g/mol. The molecule has 9 heteroatoms. The predicted molar refractivity (Wildman–Crippen MR) is 118 cm³/mol. The number of nitrogens with one attached hydrogen (secondary N) is 1. The summed E-state index contributed by atoms with van der Waals surface area (Å²) in [6.45, 7) is 9.90. The molecule has 0 aromatic carbocycles. The molecule has 0 spiro atoms. The molecule has 3 rings (SSSR count). The van der Waals surface area contributed by atoms with Gasteiger partial charge in [-0.3, -0.25) is 4.79 Å². The molecule has 0 fully saturated rings. The Morgan fingerprint density at radius 1 is 1.32 bits per heavy atom. The van der Waals surface area contributed by atoms with Gasteiger partial charge in [0.15, 0.2) is 5.65 Å². The minimum absolute atomic E-state index is 0.155. The number of ether oxygens (including phenoxy) is 1. The quantitative estimate of drug-likeness (QED) is 0.603. The van der Waals surface area contributed by atoms with E-state index in [-0.39, 0.29) is 17.7 Å². The van der Waals surface area contributed by atoms with Crippen molar-refractivity contribution >= 4 is 33.9 Å². The van der Waals surface area contributed by atoms with Crippen LogP contribution in [0.3, 0.4) is 0 Å². The molecule has 3 aromatic rings. The fourth-order valence-corrected chi connectivity index (χ4v) is 4.41. The third-order valence-electron chi connectivity index (χ3n) is 5.06. The van der Waals surface area contributed by atoms with Gasteiger partial charge in [0.1, 0.15) is 16.6 Å². The fraction of sp³-hybridized carbons (Fsp3) is 0.409. The van der Waals surface area contributed by atoms with Crippen molar-refractivity contribution in [2.75, 3.05) is 12.4 Å². The van der Waals surface area contributed by atoms with E-state index in [1.54, 1.807) is 10.6 Å². The Kier molecular flexibility index (Phi) is 6.13. The SMILES string of the molecule is COC(=O)c1cc(C(C)(C)C)sc1NC(=O)CCc1c(C)nc2c(C#N)cnn2c1C. The van der Waals surface area contributed by atoms with Crippen LogP contribution >= 0.6 is 11.3 Å². The highest BCUT2D eigenvalue weighted by Gasteiger charge is 2.24. The van der Waals surface area contributed by atoms with Gasteiger partial charge in [-0.25, -0.2) is 14.3 Å². The van der Waals surface area contributed by atoms with Gasteiger partial charge in [-0.2, -0.15) is 10.4 Å². The van der Waals surface area contributed by atoms with Gasteiger partial charge in [0, 0.05) is 22.7 Å². The molecule has 0 aliphatic heterocycles. The van der Waals surface area contributed by atoms with Crippen LogP contribution in [0.4, 0.5) is 5.00 Å². The van der Waals surface area contributed by atoms with Gasteiger partial charge in [-0.1, -0.05) is 20.8 Å². The molecule has 1 N–H and O–H groups in total. The van der Waals surface area contributed by atoms with Gasteiger partial charge in [0.05, 0.1) is 18.9 Å². The summed E-state index contributed by atoms with van der Waals surface area (Å²) in [5, 5.41) is 16.8. The third kappa shape index (κ3) is 4.44. The lowest BCUT2D eigenvalue weighted by molar-refractivity contribution is -0.116. The van der Waals surface area contributed by atoms with E-state index in [9.17, 15) is 14.9 Å². The van der Waals surface area contributed by atoms with Gasteiger partial charge < -0.3 is 10.1 Å². The number of thiophene rings is 1. The van der Waals surface area contributed by atoms with E-state index < -0.39 is 5.97 Å². The van der Waals surface area contributed by atoms with Crippen molar-refractivity contribution in [1.29, 1.82) is 5.26 Å². The highest BCUT2D eigenvalue weighted by Crippen LogP contribution is 2.36. The first-order chi connectivity index (χ1) is 14.6. The summed E-state index contributed by atoms with van der Waals surface area (Å²) in [4.78, 5) is 30.3. The number of amides is 1. The fourth-order valence-electron chi connectivity index (χ4n) is 3.29. The van der Waals surface area contributed by atoms with Crippen LogP contribution in [0.25, 0.3) is 5.65 Å². The van der Waals surface area contributed by atoms with E-state index in [4.69, 9.17) is 4.74 Å². The van der Waals surface area contributed by atoms with Crippen LogP contribution < -0.4 is 5.32 Å². The maximum absolute atomic E-state index is 12.7. The zero-order chi connectivity index (χ0) is 22.9. The molecule has 1 amide bonds. The van der Waals surface area contributed by atoms with E-state index in [0.717, 1.165) is 21.8 Å². The molecule has 162 valence electrons. The van der Waals surface area contributed by atoms with Crippen molar-refractivity contribution in [2.45, 2.75) is 52.9 Å². The number of rotatable bonds is 5. The maximum atomic E-state index is 12.7. The zero-order valence-electron chi connectivity index (χ0n) is 18.5. The molecule has 8 nitrogen and oxygen atoms in total. The Balaban J connectivity index is 1.80. The molecule has 3 heterocycles. The smallest absolute Gasteiger partial charge is 0.340 e. The van der Waals surface area contributed by atoms with Crippen molar-refractivity contribution < 1.29 is 14.3 Å². The number of hydrogen-bond donors (Lipinski definition) is 1. The van der Waals surface area contributed by atoms with Crippen molar-refractivity contribution in [3.63, 3.8) is 0 Å². The largest absolute Gasteiger partial charge is 0.465 e. The van der Waals surface area contributed by atoms with Crippen LogP contribution in [-0.2, 0) is 21.4 Å². The van der Waals surface area contributed by atoms with E-state index in [1.165, 1.54) is 24.6 Å². The summed E-state index contributed by atoms with van der Waals surface area (Å²) < 4.78 is 6.50. The van der Waals surface area contributed by atoms with E-state index in [2.05, 4.69) is 21.5 Å². The molecule has 0 unspecified atom stereocenters. The van der Waals surface area contributed by atoms with Crippen LogP contribution in [0.2, 0.25) is 0 Å². The predicted octanol–water partition coefficient (Wildman–Crippen LogP) is 3.93. The number of aryl methyl sites for hydroxylation is 2. The molecule has 0 aliphatic rings. The normalized spacial score (nSPS) is 11.4. The summed E-state index contributed by atoms with van der Waals surface area (Å²) in [7, 11) is 1.32. The Labute approximate surface area is 184 Å². The summed E-state index contributed by atoms with van der Waals surface area (Å²) >= 11 is 1.38. The summed E-state index contributed by atoms with van der Waals surface area (Å²) in [6.07, 6.45) is 2.16. The second-order valence-electron chi connectivity index (χ2n) is 8.31. The van der Waals surface area contributed by atoms with Crippen LogP contribution in [0.15, 0.2) is 12.3 Å². The minimum Gasteiger partial charge on any atom is -0.465 e. The third-order valence-corrected chi connectivity index (χ3v) is 6.54. The molecule has 0 aliphatic carbocycles. The molecule has 31 heavy (non-hydrogen) atoms. The minimum atomic E-state index is -0.477. The van der Waals surface area contributed by atoms with Crippen LogP contribution in [0.5, 0.6) is 0 Å². The van der Waals surface area contributed by atoms with Gasteiger partial charge in [-0.15, -0.1) is 11.3 Å². The molecule has 0 atom stereocenters. The van der Waals surface area contributed by atoms with E-state index in [0.29, 0.717) is 28.2 Å². The van der Waals surface area contributed by atoms with E-state index >= 15 is 0 Å². The summed E-state index contributed by atoms with van der Waals surface area (Å²) in [6, 6.07) is 3.87. The van der Waals surface area contributed by atoms with Crippen molar-refractivity contribution in [2.24, 2.45) is 0 Å². The Morgan fingerprint density at radius 3 is 2.65 bits per heavy atom. The maximum Gasteiger partial charge on any atom is 0.340 e.